The van der Waals surface area contributed by atoms with Crippen LogP contribution in [0.15, 0.2) is 47.4 Å². The highest BCUT2D eigenvalue weighted by Gasteiger charge is 2.42. The number of hydrogen-bond acceptors (Lipinski definition) is 5. The molecule has 0 unspecified atom stereocenters. The number of thioether (sulfide) groups is 1. The molecule has 8 nitrogen and oxygen atoms in total. The zero-order valence-electron chi connectivity index (χ0n) is 19.3. The maximum absolute atomic E-state index is 14.0. The van der Waals surface area contributed by atoms with Gasteiger partial charge < -0.3 is 20.8 Å². The van der Waals surface area contributed by atoms with Crippen molar-refractivity contribution >= 4 is 46.9 Å². The fraction of sp³-hybridized carbons (Fsp3) is 0.0833. The van der Waals surface area contributed by atoms with Crippen molar-refractivity contribution < 1.29 is 60.1 Å². The lowest BCUT2D eigenvalue weighted by molar-refractivity contribution is -0.143. The Hall–Kier alpha value is -4.60. The molecule has 40 heavy (non-hydrogen) atoms. The molecule has 0 aliphatic carbocycles. The van der Waals surface area contributed by atoms with Crippen LogP contribution in [0.3, 0.4) is 0 Å². The number of carboxylic acids is 2. The molecule has 210 valence electrons. The van der Waals surface area contributed by atoms with Gasteiger partial charge >= 0.3 is 18.1 Å². The molecule has 4 N–H and O–H groups in total. The summed E-state index contributed by atoms with van der Waals surface area (Å²) in [5, 5.41) is 22.2. The van der Waals surface area contributed by atoms with Gasteiger partial charge in [-0.2, -0.15) is 13.2 Å². The molecule has 0 saturated carbocycles. The van der Waals surface area contributed by atoms with Crippen LogP contribution in [0.25, 0.3) is 0 Å². The molecule has 3 rings (SSSR count). The summed E-state index contributed by atoms with van der Waals surface area (Å²) in [6, 6.07) is 8.28. The van der Waals surface area contributed by atoms with Gasteiger partial charge in [0.25, 0.3) is 5.91 Å². The minimum atomic E-state index is -5.74. The number of carbonyl (C=O) groups excluding carboxylic acids is 2. The van der Waals surface area contributed by atoms with E-state index >= 15 is 0 Å². The minimum absolute atomic E-state index is 0.0815. The zero-order valence-corrected chi connectivity index (χ0v) is 20.1. The van der Waals surface area contributed by atoms with Crippen LogP contribution in [-0.2, 0) is 11.0 Å². The van der Waals surface area contributed by atoms with E-state index in [-0.39, 0.29) is 21.7 Å². The van der Waals surface area contributed by atoms with Gasteiger partial charge in [-0.3, -0.25) is 9.59 Å². The van der Waals surface area contributed by atoms with Crippen molar-refractivity contribution in [3.05, 3.63) is 88.0 Å². The molecule has 0 aliphatic heterocycles. The van der Waals surface area contributed by atoms with Crippen molar-refractivity contribution in [1.29, 1.82) is 0 Å². The topological polar surface area (TPSA) is 133 Å². The number of nitrogens with one attached hydrogen (secondary N) is 2. The number of carboxylic acid groups (broad SMARTS) is 2. The van der Waals surface area contributed by atoms with E-state index in [1.165, 1.54) is 29.6 Å². The first-order chi connectivity index (χ1) is 18.6. The Labute approximate surface area is 222 Å². The molecule has 0 radical (unpaired) electrons. The lowest BCUT2D eigenvalue weighted by atomic mass is 10.0. The summed E-state index contributed by atoms with van der Waals surface area (Å²) < 4.78 is 93.6. The predicted octanol–water partition coefficient (Wildman–Crippen LogP) is 5.64. The van der Waals surface area contributed by atoms with E-state index in [4.69, 9.17) is 5.11 Å². The number of amides is 2. The second kappa shape index (κ2) is 11.6. The average Bonchev–Trinajstić information content (AvgIpc) is 2.87. The number of carbonyl (C=O) groups is 4. The van der Waals surface area contributed by atoms with Gasteiger partial charge in [-0.25, -0.2) is 27.2 Å². The molecular formula is C24H13F7N2O6S. The number of rotatable bonds is 8. The predicted molar refractivity (Wildman–Crippen MR) is 125 cm³/mol. The van der Waals surface area contributed by atoms with E-state index in [9.17, 15) is 55.0 Å². The highest BCUT2D eigenvalue weighted by molar-refractivity contribution is 8.00. The number of hydrogen-bond donors (Lipinski definition) is 4. The van der Waals surface area contributed by atoms with Crippen LogP contribution in [0.5, 0.6) is 0 Å². The van der Waals surface area contributed by atoms with Gasteiger partial charge in [0.15, 0.2) is 23.3 Å². The van der Waals surface area contributed by atoms with Crippen LogP contribution >= 0.6 is 11.8 Å². The third-order valence-corrected chi connectivity index (χ3v) is 6.01. The molecule has 0 aromatic heterocycles. The standard InChI is InChI=1S/C24H13F7N2O6S/c25-16-15(24(29,30)31)17(26)19(28)20(18(16)27)33-14(34)8-40-11-3-1-2-10(7-11)32-21(35)12-5-4-9(22(36)37)6-13(12)23(38)39/h1-7H,8H2,(H,32,35)(H,33,34)(H,36,37)(H,38,39). The average molecular weight is 590 g/mol. The quantitative estimate of drug-likeness (QED) is 0.152. The summed E-state index contributed by atoms with van der Waals surface area (Å²) in [4.78, 5) is 47.5. The van der Waals surface area contributed by atoms with Gasteiger partial charge in [0, 0.05) is 10.6 Å². The smallest absolute Gasteiger partial charge is 0.422 e. The SMILES string of the molecule is O=C(CSc1cccc(NC(=O)c2ccc(C(=O)O)cc2C(=O)O)c1)Nc1c(F)c(F)c(C(F)(F)F)c(F)c1F. The maximum atomic E-state index is 14.0. The summed E-state index contributed by atoms with van der Waals surface area (Å²) in [5.74, 6) is -16.2. The van der Waals surface area contributed by atoms with Crippen molar-refractivity contribution in [1.82, 2.24) is 0 Å². The highest BCUT2D eigenvalue weighted by Crippen LogP contribution is 2.38. The second-order valence-electron chi connectivity index (χ2n) is 7.69. The lowest BCUT2D eigenvalue weighted by Crippen LogP contribution is -2.21. The lowest BCUT2D eigenvalue weighted by Gasteiger charge is -2.14. The fourth-order valence-electron chi connectivity index (χ4n) is 3.23. The molecule has 2 amide bonds. The van der Waals surface area contributed by atoms with Crippen LogP contribution in [-0.4, -0.2) is 39.7 Å². The van der Waals surface area contributed by atoms with Gasteiger partial charge in [0.2, 0.25) is 5.91 Å². The van der Waals surface area contributed by atoms with E-state index in [1.54, 1.807) is 0 Å². The number of aromatic carboxylic acids is 2. The largest absolute Gasteiger partial charge is 0.478 e. The number of anilines is 2. The Morgan fingerprint density at radius 2 is 1.40 bits per heavy atom. The van der Waals surface area contributed by atoms with Gasteiger partial charge in [0.1, 0.15) is 11.3 Å². The molecule has 0 fully saturated rings. The van der Waals surface area contributed by atoms with Crippen molar-refractivity contribution in [3.8, 4) is 0 Å². The highest BCUT2D eigenvalue weighted by atomic mass is 32.2. The Balaban J connectivity index is 1.72. The Morgan fingerprint density at radius 3 is 1.95 bits per heavy atom. The molecule has 0 spiro atoms. The first-order valence-electron chi connectivity index (χ1n) is 10.5. The fourth-order valence-corrected chi connectivity index (χ4v) is 3.98. The number of benzene rings is 3. The summed E-state index contributed by atoms with van der Waals surface area (Å²) in [7, 11) is 0. The van der Waals surface area contributed by atoms with E-state index < -0.39 is 75.8 Å². The third-order valence-electron chi connectivity index (χ3n) is 5.01. The van der Waals surface area contributed by atoms with Crippen LogP contribution in [0.1, 0.15) is 36.6 Å². The van der Waals surface area contributed by atoms with E-state index in [2.05, 4.69) is 5.32 Å². The van der Waals surface area contributed by atoms with Crippen molar-refractivity contribution in [2.24, 2.45) is 0 Å². The molecule has 0 aliphatic rings. The van der Waals surface area contributed by atoms with E-state index in [0.29, 0.717) is 11.8 Å². The van der Waals surface area contributed by atoms with Gasteiger partial charge in [-0.15, -0.1) is 11.8 Å². The second-order valence-corrected chi connectivity index (χ2v) is 8.74. The summed E-state index contributed by atoms with van der Waals surface area (Å²) in [6.45, 7) is 0. The summed E-state index contributed by atoms with van der Waals surface area (Å²) in [5.41, 5.74) is -5.78. The Kier molecular flexibility index (Phi) is 8.72. The number of halogens is 7. The van der Waals surface area contributed by atoms with Crippen LogP contribution in [0.4, 0.5) is 42.1 Å². The minimum Gasteiger partial charge on any atom is -0.478 e. The van der Waals surface area contributed by atoms with Crippen molar-refractivity contribution in [3.63, 3.8) is 0 Å². The summed E-state index contributed by atoms with van der Waals surface area (Å²) in [6.07, 6.45) is -5.74. The maximum Gasteiger partial charge on any atom is 0.422 e. The van der Waals surface area contributed by atoms with Gasteiger partial charge in [-0.1, -0.05) is 6.07 Å². The van der Waals surface area contributed by atoms with Crippen molar-refractivity contribution in [2.75, 3.05) is 16.4 Å². The zero-order chi connectivity index (χ0) is 29.9. The van der Waals surface area contributed by atoms with Crippen molar-refractivity contribution in [2.45, 2.75) is 11.1 Å². The van der Waals surface area contributed by atoms with Gasteiger partial charge in [0.05, 0.1) is 22.4 Å². The Bertz CT molecular complexity index is 1520. The number of alkyl halides is 3. The molecule has 0 saturated heterocycles. The molecule has 3 aromatic carbocycles. The molecule has 3 aromatic rings. The molecule has 0 heterocycles. The van der Waals surface area contributed by atoms with Crippen LogP contribution in [0, 0.1) is 23.3 Å². The first-order valence-corrected chi connectivity index (χ1v) is 11.5. The van der Waals surface area contributed by atoms with Crippen LogP contribution < -0.4 is 10.6 Å². The van der Waals surface area contributed by atoms with E-state index in [1.807, 2.05) is 0 Å². The van der Waals surface area contributed by atoms with E-state index in [0.717, 1.165) is 18.2 Å². The molecule has 0 bridgehead atoms. The monoisotopic (exact) mass is 590 g/mol. The molecule has 0 atom stereocenters. The molecule has 16 heteroatoms. The van der Waals surface area contributed by atoms with Crippen LogP contribution in [0.2, 0.25) is 0 Å². The Morgan fingerprint density at radius 1 is 0.775 bits per heavy atom. The first kappa shape index (κ1) is 29.9. The summed E-state index contributed by atoms with van der Waals surface area (Å²) >= 11 is 0.690. The third kappa shape index (κ3) is 6.51. The van der Waals surface area contributed by atoms with Gasteiger partial charge in [-0.05, 0) is 36.4 Å². The normalized spacial score (nSPS) is 11.2. The molecular weight excluding hydrogens is 577 g/mol.